The molecule has 0 aliphatic carbocycles. The van der Waals surface area contributed by atoms with Crippen molar-refractivity contribution in [3.05, 3.63) is 75.9 Å². The number of benzene rings is 2. The number of hydrogen-bond acceptors (Lipinski definition) is 4. The molecule has 2 aromatic carbocycles. The van der Waals surface area contributed by atoms with Crippen LogP contribution in [0.5, 0.6) is 0 Å². The molecular formula is C26H32N2O3. The molecule has 0 radical (unpaired) electrons. The summed E-state index contributed by atoms with van der Waals surface area (Å²) in [7, 11) is 3.96. The van der Waals surface area contributed by atoms with Crippen LogP contribution >= 0.6 is 0 Å². The SMILES string of the molecule is CCc1ccc(C2/C(=C(/O)c3ccc(C)c(C)c3)C(=O)C(=O)N2CCCN(C)C)cc1. The van der Waals surface area contributed by atoms with Gasteiger partial charge in [0.05, 0.1) is 11.6 Å². The van der Waals surface area contributed by atoms with E-state index >= 15 is 0 Å². The largest absolute Gasteiger partial charge is 0.507 e. The molecule has 1 heterocycles. The molecule has 5 heteroatoms. The molecular weight excluding hydrogens is 388 g/mol. The van der Waals surface area contributed by atoms with Crippen LogP contribution in [0.1, 0.15) is 47.2 Å². The van der Waals surface area contributed by atoms with Crippen LogP contribution in [0.25, 0.3) is 5.76 Å². The molecule has 1 fully saturated rings. The van der Waals surface area contributed by atoms with Gasteiger partial charge >= 0.3 is 0 Å². The summed E-state index contributed by atoms with van der Waals surface area (Å²) in [6.45, 7) is 7.31. The maximum atomic E-state index is 13.1. The van der Waals surface area contributed by atoms with Gasteiger partial charge in [-0.15, -0.1) is 0 Å². The van der Waals surface area contributed by atoms with Gasteiger partial charge in [0, 0.05) is 12.1 Å². The first-order valence-electron chi connectivity index (χ1n) is 10.8. The predicted octanol–water partition coefficient (Wildman–Crippen LogP) is 4.24. The maximum Gasteiger partial charge on any atom is 0.295 e. The van der Waals surface area contributed by atoms with Gasteiger partial charge in [0.25, 0.3) is 11.7 Å². The minimum absolute atomic E-state index is 0.110. The molecule has 0 saturated carbocycles. The summed E-state index contributed by atoms with van der Waals surface area (Å²) < 4.78 is 0. The monoisotopic (exact) mass is 420 g/mol. The van der Waals surface area contributed by atoms with E-state index in [1.54, 1.807) is 11.0 Å². The number of aliphatic hydroxyl groups excluding tert-OH is 1. The molecule has 1 unspecified atom stereocenters. The Kier molecular flexibility index (Phi) is 6.96. The van der Waals surface area contributed by atoms with Crippen molar-refractivity contribution in [2.24, 2.45) is 0 Å². The molecule has 0 spiro atoms. The van der Waals surface area contributed by atoms with E-state index in [2.05, 4.69) is 11.8 Å². The van der Waals surface area contributed by atoms with Crippen LogP contribution in [0.3, 0.4) is 0 Å². The molecule has 0 aromatic heterocycles. The summed E-state index contributed by atoms with van der Waals surface area (Å²) in [6.07, 6.45) is 1.65. The van der Waals surface area contributed by atoms with Crippen molar-refractivity contribution >= 4 is 17.4 Å². The van der Waals surface area contributed by atoms with Crippen LogP contribution in [0.2, 0.25) is 0 Å². The van der Waals surface area contributed by atoms with E-state index in [1.165, 1.54) is 5.56 Å². The van der Waals surface area contributed by atoms with Crippen LogP contribution in [-0.4, -0.2) is 53.8 Å². The number of nitrogens with zero attached hydrogens (tertiary/aromatic N) is 2. The number of Topliss-reactive ketones (excluding diaryl/α,β-unsaturated/α-hetero) is 1. The Morgan fingerprint density at radius 2 is 1.71 bits per heavy atom. The van der Waals surface area contributed by atoms with E-state index in [1.807, 2.05) is 64.3 Å². The number of aliphatic hydroxyl groups is 1. The number of likely N-dealkylation sites (tertiary alicyclic amines) is 1. The summed E-state index contributed by atoms with van der Waals surface area (Å²) in [6, 6.07) is 13.0. The van der Waals surface area contributed by atoms with Crippen LogP contribution in [0.4, 0.5) is 0 Å². The first kappa shape index (κ1) is 22.8. The van der Waals surface area contributed by atoms with Gasteiger partial charge in [0.1, 0.15) is 5.76 Å². The van der Waals surface area contributed by atoms with Gasteiger partial charge in [-0.2, -0.15) is 0 Å². The standard InChI is InChI=1S/C26H32N2O3/c1-6-19-9-12-20(13-10-19)23-22(24(29)21-11-8-17(2)18(3)16-21)25(30)26(31)28(23)15-7-14-27(4)5/h8-13,16,23,29H,6-7,14-15H2,1-5H3/b24-22-. The smallest absolute Gasteiger partial charge is 0.295 e. The Hall–Kier alpha value is -2.92. The highest BCUT2D eigenvalue weighted by Crippen LogP contribution is 2.39. The highest BCUT2D eigenvalue weighted by molar-refractivity contribution is 6.46. The average Bonchev–Trinajstić information content (AvgIpc) is 3.00. The van der Waals surface area contributed by atoms with E-state index in [0.717, 1.165) is 36.1 Å². The lowest BCUT2D eigenvalue weighted by atomic mass is 9.93. The number of rotatable bonds is 7. The quantitative estimate of drug-likeness (QED) is 0.413. The van der Waals surface area contributed by atoms with Crippen molar-refractivity contribution in [3.8, 4) is 0 Å². The van der Waals surface area contributed by atoms with Crippen LogP contribution in [-0.2, 0) is 16.0 Å². The van der Waals surface area contributed by atoms with Gasteiger partial charge in [-0.3, -0.25) is 9.59 Å². The van der Waals surface area contributed by atoms with Crippen molar-refractivity contribution in [2.75, 3.05) is 27.2 Å². The van der Waals surface area contributed by atoms with Gasteiger partial charge < -0.3 is 14.9 Å². The van der Waals surface area contributed by atoms with Crippen LogP contribution in [0, 0.1) is 13.8 Å². The molecule has 1 aliphatic rings. The van der Waals surface area contributed by atoms with Crippen LogP contribution in [0.15, 0.2) is 48.0 Å². The topological polar surface area (TPSA) is 60.9 Å². The highest BCUT2D eigenvalue weighted by Gasteiger charge is 2.45. The third-order valence-electron chi connectivity index (χ3n) is 6.03. The maximum absolute atomic E-state index is 13.1. The molecule has 1 saturated heterocycles. The minimum atomic E-state index is -0.620. The fourth-order valence-corrected chi connectivity index (χ4v) is 3.99. The van der Waals surface area contributed by atoms with E-state index in [-0.39, 0.29) is 11.3 Å². The number of carbonyl (C=O) groups excluding carboxylic acids is 2. The molecule has 31 heavy (non-hydrogen) atoms. The van der Waals surface area contributed by atoms with Crippen molar-refractivity contribution in [3.63, 3.8) is 0 Å². The Balaban J connectivity index is 2.10. The Bertz CT molecular complexity index is 1010. The lowest BCUT2D eigenvalue weighted by Crippen LogP contribution is -2.32. The summed E-state index contributed by atoms with van der Waals surface area (Å²) >= 11 is 0. The zero-order chi connectivity index (χ0) is 22.7. The zero-order valence-electron chi connectivity index (χ0n) is 19.1. The van der Waals surface area contributed by atoms with E-state index in [4.69, 9.17) is 0 Å². The number of carbonyl (C=O) groups is 2. The van der Waals surface area contributed by atoms with E-state index < -0.39 is 17.7 Å². The second-order valence-electron chi connectivity index (χ2n) is 8.54. The summed E-state index contributed by atoms with van der Waals surface area (Å²) in [5, 5.41) is 11.2. The summed E-state index contributed by atoms with van der Waals surface area (Å²) in [5.74, 6) is -1.28. The lowest BCUT2D eigenvalue weighted by Gasteiger charge is -2.26. The number of amides is 1. The molecule has 1 N–H and O–H groups in total. The highest BCUT2D eigenvalue weighted by atomic mass is 16.3. The number of hydrogen-bond donors (Lipinski definition) is 1. The van der Waals surface area contributed by atoms with Gasteiger partial charge in [-0.25, -0.2) is 0 Å². The first-order valence-corrected chi connectivity index (χ1v) is 10.8. The Labute approximate surface area is 185 Å². The van der Waals surface area contributed by atoms with Crippen molar-refractivity contribution in [1.29, 1.82) is 0 Å². The van der Waals surface area contributed by atoms with Crippen molar-refractivity contribution in [1.82, 2.24) is 9.80 Å². The normalized spacial score (nSPS) is 18.3. The van der Waals surface area contributed by atoms with Gasteiger partial charge in [0.15, 0.2) is 0 Å². The average molecular weight is 421 g/mol. The second-order valence-corrected chi connectivity index (χ2v) is 8.54. The zero-order valence-corrected chi connectivity index (χ0v) is 19.1. The van der Waals surface area contributed by atoms with Gasteiger partial charge in [-0.1, -0.05) is 43.3 Å². The number of aryl methyl sites for hydroxylation is 3. The van der Waals surface area contributed by atoms with Gasteiger partial charge in [0.2, 0.25) is 0 Å². The minimum Gasteiger partial charge on any atom is -0.507 e. The molecule has 164 valence electrons. The molecule has 0 bridgehead atoms. The third kappa shape index (κ3) is 4.72. The van der Waals surface area contributed by atoms with Crippen molar-refractivity contribution < 1.29 is 14.7 Å². The molecule has 1 aliphatic heterocycles. The third-order valence-corrected chi connectivity index (χ3v) is 6.03. The Morgan fingerprint density at radius 1 is 1.03 bits per heavy atom. The Morgan fingerprint density at radius 3 is 2.29 bits per heavy atom. The molecule has 2 aromatic rings. The fraction of sp³-hybridized carbons (Fsp3) is 0.385. The van der Waals surface area contributed by atoms with E-state index in [9.17, 15) is 14.7 Å². The second kappa shape index (κ2) is 9.48. The summed E-state index contributed by atoms with van der Waals surface area (Å²) in [5.41, 5.74) is 4.88. The molecule has 1 amide bonds. The number of ketones is 1. The molecule has 1 atom stereocenters. The first-order chi connectivity index (χ1) is 14.7. The van der Waals surface area contributed by atoms with Gasteiger partial charge in [-0.05, 0) is 75.6 Å². The van der Waals surface area contributed by atoms with E-state index in [0.29, 0.717) is 12.1 Å². The van der Waals surface area contributed by atoms with Crippen LogP contribution < -0.4 is 0 Å². The van der Waals surface area contributed by atoms with Crippen molar-refractivity contribution in [2.45, 2.75) is 39.7 Å². The summed E-state index contributed by atoms with van der Waals surface area (Å²) in [4.78, 5) is 29.7. The molecule has 3 rings (SSSR count). The predicted molar refractivity (Wildman–Crippen MR) is 124 cm³/mol. The molecule has 5 nitrogen and oxygen atoms in total. The lowest BCUT2D eigenvalue weighted by molar-refractivity contribution is -0.139. The fourth-order valence-electron chi connectivity index (χ4n) is 3.99.